The van der Waals surface area contributed by atoms with Crippen LogP contribution < -0.4 is 9.64 Å². The van der Waals surface area contributed by atoms with Crippen LogP contribution in [0.15, 0.2) is 54.0 Å². The summed E-state index contributed by atoms with van der Waals surface area (Å²) in [4.78, 5) is 26.9. The Morgan fingerprint density at radius 3 is 2.51 bits per heavy atom. The van der Waals surface area contributed by atoms with E-state index in [-0.39, 0.29) is 18.2 Å². The van der Waals surface area contributed by atoms with Crippen LogP contribution in [0.5, 0.6) is 5.75 Å². The number of ether oxygens (including phenoxy) is 2. The van der Waals surface area contributed by atoms with Gasteiger partial charge in [-0.15, -0.1) is 11.3 Å². The molecule has 2 aliphatic heterocycles. The summed E-state index contributed by atoms with van der Waals surface area (Å²) < 4.78 is 13.0. The van der Waals surface area contributed by atoms with Crippen LogP contribution in [0, 0.1) is 0 Å². The van der Waals surface area contributed by atoms with E-state index in [0.29, 0.717) is 6.61 Å². The zero-order valence-electron chi connectivity index (χ0n) is 21.2. The molecule has 2 unspecified atom stereocenters. The van der Waals surface area contributed by atoms with Crippen molar-refractivity contribution in [3.8, 4) is 16.3 Å². The van der Waals surface area contributed by atoms with E-state index in [1.54, 1.807) is 22.7 Å². The van der Waals surface area contributed by atoms with E-state index in [0.717, 1.165) is 63.2 Å². The van der Waals surface area contributed by atoms with Crippen LogP contribution in [-0.4, -0.2) is 51.7 Å². The predicted octanol–water partition coefficient (Wildman–Crippen LogP) is 6.59. The van der Waals surface area contributed by atoms with Gasteiger partial charge >= 0.3 is 6.09 Å². The normalized spacial score (nSPS) is 19.4. The standard InChI is InChI=1S/C28H30N4O3S2/c1-28(2,3)35-27(33)32-19-9-10-20(32)16-31(15-19)26-30-23-21(25-29-13-14-36-25)11-12-22(24(23)37-26)34-17-18-7-5-4-6-8-18/h4-8,11-14,19-20H,9-10,15-17H2,1-3H3. The summed E-state index contributed by atoms with van der Waals surface area (Å²) in [5.74, 6) is 0.832. The summed E-state index contributed by atoms with van der Waals surface area (Å²) in [7, 11) is 0. The zero-order valence-corrected chi connectivity index (χ0v) is 22.8. The number of hydrogen-bond donors (Lipinski definition) is 0. The number of thiazole rings is 2. The van der Waals surface area contributed by atoms with Crippen LogP contribution in [0.3, 0.4) is 0 Å². The number of carbonyl (C=O) groups is 1. The topological polar surface area (TPSA) is 67.8 Å². The fourth-order valence-electron chi connectivity index (χ4n) is 5.16. The maximum Gasteiger partial charge on any atom is 0.410 e. The lowest BCUT2D eigenvalue weighted by atomic mass is 10.2. The van der Waals surface area contributed by atoms with Gasteiger partial charge in [0.05, 0.1) is 22.3 Å². The molecule has 2 aromatic heterocycles. The van der Waals surface area contributed by atoms with Crippen molar-refractivity contribution in [3.05, 3.63) is 59.6 Å². The van der Waals surface area contributed by atoms with E-state index in [1.165, 1.54) is 0 Å². The summed E-state index contributed by atoms with van der Waals surface area (Å²) in [5, 5.41) is 3.90. The average Bonchev–Trinajstić information content (AvgIpc) is 3.61. The molecule has 0 N–H and O–H groups in total. The SMILES string of the molecule is CC(C)(C)OC(=O)N1C2CCC1CN(c1nc3c(-c4nccs4)ccc(OCc4ccccc4)c3s1)C2. The number of carbonyl (C=O) groups excluding carboxylic acids is 1. The minimum atomic E-state index is -0.497. The molecule has 2 fully saturated rings. The third-order valence-corrected chi connectivity index (χ3v) is 8.69. The molecule has 4 aromatic rings. The van der Waals surface area contributed by atoms with Crippen molar-refractivity contribution >= 4 is 44.1 Å². The molecule has 0 radical (unpaired) electrons. The van der Waals surface area contributed by atoms with Crippen LogP contribution in [0.25, 0.3) is 20.8 Å². The van der Waals surface area contributed by atoms with Gasteiger partial charge in [-0.1, -0.05) is 41.7 Å². The Balaban J connectivity index is 1.30. The number of benzene rings is 2. The zero-order chi connectivity index (χ0) is 25.6. The van der Waals surface area contributed by atoms with E-state index in [1.807, 2.05) is 61.5 Å². The van der Waals surface area contributed by atoms with Gasteiger partial charge < -0.3 is 14.4 Å². The van der Waals surface area contributed by atoms with E-state index >= 15 is 0 Å². The highest BCUT2D eigenvalue weighted by Gasteiger charge is 2.45. The Labute approximate surface area is 224 Å². The number of piperazine rings is 1. The molecule has 0 spiro atoms. The summed E-state index contributed by atoms with van der Waals surface area (Å²) >= 11 is 3.27. The molecule has 2 saturated heterocycles. The minimum absolute atomic E-state index is 0.132. The lowest BCUT2D eigenvalue weighted by Crippen LogP contribution is -2.56. The van der Waals surface area contributed by atoms with E-state index < -0.39 is 5.60 Å². The van der Waals surface area contributed by atoms with Gasteiger partial charge in [0.25, 0.3) is 0 Å². The Hall–Kier alpha value is -3.17. The highest BCUT2D eigenvalue weighted by Crippen LogP contribution is 2.43. The number of nitrogens with zero attached hydrogens (tertiary/aromatic N) is 4. The first kappa shape index (κ1) is 24.2. The fraction of sp³-hybridized carbons (Fsp3) is 0.393. The molecule has 2 aromatic carbocycles. The van der Waals surface area contributed by atoms with Crippen molar-refractivity contribution in [3.63, 3.8) is 0 Å². The highest BCUT2D eigenvalue weighted by atomic mass is 32.1. The first-order valence-electron chi connectivity index (χ1n) is 12.6. The third-order valence-electron chi connectivity index (χ3n) is 6.75. The minimum Gasteiger partial charge on any atom is -0.487 e. The average molecular weight is 535 g/mol. The number of anilines is 1. The number of hydrogen-bond acceptors (Lipinski definition) is 8. The molecule has 6 rings (SSSR count). The molecule has 4 heterocycles. The smallest absolute Gasteiger partial charge is 0.410 e. The van der Waals surface area contributed by atoms with E-state index in [2.05, 4.69) is 28.1 Å². The molecule has 2 aliphatic rings. The molecule has 1 amide bonds. The number of aromatic nitrogens is 2. The first-order chi connectivity index (χ1) is 17.9. The molecule has 0 saturated carbocycles. The van der Waals surface area contributed by atoms with E-state index in [9.17, 15) is 4.79 Å². The highest BCUT2D eigenvalue weighted by molar-refractivity contribution is 7.22. The monoisotopic (exact) mass is 534 g/mol. The largest absolute Gasteiger partial charge is 0.487 e. The fourth-order valence-corrected chi connectivity index (χ4v) is 6.90. The maximum absolute atomic E-state index is 12.9. The predicted molar refractivity (Wildman–Crippen MR) is 149 cm³/mol. The van der Waals surface area contributed by atoms with Crippen LogP contribution in [0.4, 0.5) is 9.93 Å². The quantitative estimate of drug-likeness (QED) is 0.288. The van der Waals surface area contributed by atoms with Crippen molar-refractivity contribution in [2.75, 3.05) is 18.0 Å². The van der Waals surface area contributed by atoms with Crippen LogP contribution in [0.1, 0.15) is 39.2 Å². The van der Waals surface area contributed by atoms with Crippen molar-refractivity contribution in [2.45, 2.75) is 57.9 Å². The Kier molecular flexibility index (Phi) is 6.28. The molecular weight excluding hydrogens is 504 g/mol. The van der Waals surface area contributed by atoms with Crippen molar-refractivity contribution < 1.29 is 14.3 Å². The molecule has 0 aliphatic carbocycles. The summed E-state index contributed by atoms with van der Waals surface area (Å²) in [6, 6.07) is 14.6. The van der Waals surface area contributed by atoms with Crippen molar-refractivity contribution in [1.82, 2.24) is 14.9 Å². The van der Waals surface area contributed by atoms with Gasteiger partial charge in [0.1, 0.15) is 23.0 Å². The molecule has 37 heavy (non-hydrogen) atoms. The summed E-state index contributed by atoms with van der Waals surface area (Å²) in [6.07, 6.45) is 3.60. The summed E-state index contributed by atoms with van der Waals surface area (Å²) in [5.41, 5.74) is 2.57. The second-order valence-electron chi connectivity index (χ2n) is 10.6. The first-order valence-corrected chi connectivity index (χ1v) is 14.3. The van der Waals surface area contributed by atoms with E-state index in [4.69, 9.17) is 14.5 Å². The maximum atomic E-state index is 12.9. The number of rotatable bonds is 5. The Morgan fingerprint density at radius 2 is 1.84 bits per heavy atom. The molecule has 2 bridgehead atoms. The molecule has 7 nitrogen and oxygen atoms in total. The van der Waals surface area contributed by atoms with Crippen LogP contribution >= 0.6 is 22.7 Å². The van der Waals surface area contributed by atoms with Crippen LogP contribution in [0.2, 0.25) is 0 Å². The van der Waals surface area contributed by atoms with Crippen molar-refractivity contribution in [2.24, 2.45) is 0 Å². The van der Waals surface area contributed by atoms with Crippen LogP contribution in [-0.2, 0) is 11.3 Å². The van der Waals surface area contributed by atoms with Gasteiger partial charge in [-0.2, -0.15) is 0 Å². The van der Waals surface area contributed by atoms with Gasteiger partial charge in [-0.3, -0.25) is 4.90 Å². The van der Waals surface area contributed by atoms with Gasteiger partial charge in [-0.05, 0) is 51.3 Å². The van der Waals surface area contributed by atoms with Gasteiger partial charge in [0.2, 0.25) is 0 Å². The lowest BCUT2D eigenvalue weighted by molar-refractivity contribution is 0.0123. The second kappa shape index (κ2) is 9.61. The molecular formula is C28H30N4O3S2. The summed E-state index contributed by atoms with van der Waals surface area (Å²) in [6.45, 7) is 7.76. The molecule has 2 atom stereocenters. The molecule has 192 valence electrons. The Bertz CT molecular complexity index is 1380. The Morgan fingerprint density at radius 1 is 1.08 bits per heavy atom. The number of amides is 1. The van der Waals surface area contributed by atoms with Gasteiger partial charge in [0, 0.05) is 30.2 Å². The van der Waals surface area contributed by atoms with Gasteiger partial charge in [0.15, 0.2) is 5.13 Å². The number of fused-ring (bicyclic) bond motifs is 3. The van der Waals surface area contributed by atoms with Gasteiger partial charge in [-0.25, -0.2) is 14.8 Å². The second-order valence-corrected chi connectivity index (χ2v) is 12.4. The third kappa shape index (κ3) is 4.90. The lowest BCUT2D eigenvalue weighted by Gasteiger charge is -2.41. The van der Waals surface area contributed by atoms with Crippen molar-refractivity contribution in [1.29, 1.82) is 0 Å². The molecule has 9 heteroatoms.